The Balaban J connectivity index is 1.67. The Hall–Kier alpha value is -3.27. The molecule has 1 aliphatic heterocycles. The summed E-state index contributed by atoms with van der Waals surface area (Å²) in [6, 6.07) is 19.6. The predicted octanol–water partition coefficient (Wildman–Crippen LogP) is 4.82. The Morgan fingerprint density at radius 2 is 1.70 bits per heavy atom. The molecule has 0 aromatic heterocycles. The fourth-order valence-electron chi connectivity index (χ4n) is 3.08. The van der Waals surface area contributed by atoms with Gasteiger partial charge < -0.3 is 14.2 Å². The van der Waals surface area contributed by atoms with Crippen LogP contribution in [-0.4, -0.2) is 19.5 Å². The third-order valence-corrected chi connectivity index (χ3v) is 4.66. The van der Waals surface area contributed by atoms with Gasteiger partial charge in [0.05, 0.1) is 12.7 Å². The molecule has 0 unspecified atom stereocenters. The van der Waals surface area contributed by atoms with Crippen LogP contribution >= 0.6 is 0 Å². The van der Waals surface area contributed by atoms with Gasteiger partial charge in [0.2, 0.25) is 5.78 Å². The van der Waals surface area contributed by atoms with Gasteiger partial charge in [-0.05, 0) is 36.2 Å². The lowest BCUT2D eigenvalue weighted by Crippen LogP contribution is -2.00. The molecular formula is C23H20O4. The molecule has 0 atom stereocenters. The lowest BCUT2D eigenvalue weighted by atomic mass is 9.99. The largest absolute Gasteiger partial charge is 0.497 e. The molecule has 27 heavy (non-hydrogen) atoms. The highest BCUT2D eigenvalue weighted by Gasteiger charge is 2.24. The smallest absolute Gasteiger partial charge is 0.203 e. The molecule has 0 amide bonds. The zero-order valence-electron chi connectivity index (χ0n) is 15.3. The first-order chi connectivity index (χ1) is 13.1. The van der Waals surface area contributed by atoms with Crippen LogP contribution in [0.4, 0.5) is 0 Å². The molecule has 0 radical (unpaired) electrons. The molecule has 0 saturated heterocycles. The number of hydrogen-bond acceptors (Lipinski definition) is 4. The maximum atomic E-state index is 12.1. The van der Waals surface area contributed by atoms with Crippen molar-refractivity contribution in [2.45, 2.75) is 13.5 Å². The number of benzene rings is 3. The molecule has 3 aromatic carbocycles. The van der Waals surface area contributed by atoms with Crippen LogP contribution in [0.15, 0.2) is 60.7 Å². The average Bonchev–Trinajstić information content (AvgIpc) is 3.06. The number of fused-ring (bicyclic) bond motifs is 1. The Morgan fingerprint density at radius 1 is 0.963 bits per heavy atom. The van der Waals surface area contributed by atoms with Gasteiger partial charge in [-0.3, -0.25) is 4.79 Å². The number of hydrogen-bond donors (Lipinski definition) is 0. The van der Waals surface area contributed by atoms with Crippen molar-refractivity contribution in [1.82, 2.24) is 0 Å². The van der Waals surface area contributed by atoms with Crippen molar-refractivity contribution in [2.24, 2.45) is 0 Å². The zero-order valence-corrected chi connectivity index (χ0v) is 15.3. The van der Waals surface area contributed by atoms with Crippen molar-refractivity contribution in [3.63, 3.8) is 0 Å². The fourth-order valence-corrected chi connectivity index (χ4v) is 3.08. The van der Waals surface area contributed by atoms with E-state index in [9.17, 15) is 4.79 Å². The molecule has 0 N–H and O–H groups in total. The molecule has 3 aromatic rings. The van der Waals surface area contributed by atoms with Crippen molar-refractivity contribution in [3.8, 4) is 28.4 Å². The van der Waals surface area contributed by atoms with Crippen LogP contribution < -0.4 is 14.2 Å². The van der Waals surface area contributed by atoms with Gasteiger partial charge in [-0.15, -0.1) is 0 Å². The number of carbonyl (C=O) groups excluding carboxylic acids is 1. The van der Waals surface area contributed by atoms with Crippen molar-refractivity contribution < 1.29 is 19.0 Å². The minimum atomic E-state index is 0.0000612. The van der Waals surface area contributed by atoms with Crippen LogP contribution in [0.5, 0.6) is 17.2 Å². The van der Waals surface area contributed by atoms with Gasteiger partial charge in [-0.25, -0.2) is 0 Å². The summed E-state index contributed by atoms with van der Waals surface area (Å²) in [7, 11) is 1.64. The van der Waals surface area contributed by atoms with Gasteiger partial charge in [0.25, 0.3) is 0 Å². The van der Waals surface area contributed by atoms with Crippen LogP contribution in [-0.2, 0) is 6.61 Å². The molecule has 4 nitrogen and oxygen atoms in total. The molecule has 4 rings (SSSR count). The fraction of sp³-hybridized carbons (Fsp3) is 0.174. The summed E-state index contributed by atoms with van der Waals surface area (Å²) in [6.07, 6.45) is 0. The van der Waals surface area contributed by atoms with Crippen molar-refractivity contribution in [1.29, 1.82) is 0 Å². The molecule has 1 aliphatic rings. The van der Waals surface area contributed by atoms with E-state index in [2.05, 4.69) is 0 Å². The quantitative estimate of drug-likeness (QED) is 0.654. The summed E-state index contributed by atoms with van der Waals surface area (Å²) < 4.78 is 16.8. The van der Waals surface area contributed by atoms with E-state index in [-0.39, 0.29) is 12.4 Å². The number of carbonyl (C=O) groups is 1. The van der Waals surface area contributed by atoms with Crippen LogP contribution in [0.2, 0.25) is 0 Å². The maximum Gasteiger partial charge on any atom is 0.203 e. The van der Waals surface area contributed by atoms with Gasteiger partial charge in [0, 0.05) is 11.6 Å². The average molecular weight is 360 g/mol. The van der Waals surface area contributed by atoms with Crippen molar-refractivity contribution in [3.05, 3.63) is 77.4 Å². The van der Waals surface area contributed by atoms with Crippen LogP contribution in [0.3, 0.4) is 0 Å². The number of ketones is 1. The number of Topliss-reactive ketones (excluding diaryl/α,β-unsaturated/α-hetero) is 1. The van der Waals surface area contributed by atoms with Crippen LogP contribution in [0, 0.1) is 6.92 Å². The van der Waals surface area contributed by atoms with Crippen LogP contribution in [0.25, 0.3) is 11.1 Å². The normalized spacial score (nSPS) is 12.4. The standard InChI is InChI=1S/C23H20O4/c1-15-3-7-17(8-4-15)19-11-20-21(24)14-27-23(20)12-22(19)26-13-16-5-9-18(25-2)10-6-16/h3-12H,13-14H2,1-2H3. The Kier molecular flexibility index (Phi) is 4.55. The van der Waals surface area contributed by atoms with E-state index in [4.69, 9.17) is 14.2 Å². The van der Waals surface area contributed by atoms with E-state index >= 15 is 0 Å². The van der Waals surface area contributed by atoms with E-state index in [1.54, 1.807) is 7.11 Å². The number of ether oxygens (including phenoxy) is 3. The maximum absolute atomic E-state index is 12.1. The SMILES string of the molecule is COc1ccc(COc2cc3c(cc2-c2ccc(C)cc2)C(=O)CO3)cc1. The summed E-state index contributed by atoms with van der Waals surface area (Å²) in [5.74, 6) is 2.09. The second-order valence-corrected chi connectivity index (χ2v) is 6.56. The van der Waals surface area contributed by atoms with Crippen molar-refractivity contribution >= 4 is 5.78 Å². The Bertz CT molecular complexity index is 973. The van der Waals surface area contributed by atoms with E-state index in [0.717, 1.165) is 22.4 Å². The molecule has 0 aliphatic carbocycles. The summed E-state index contributed by atoms with van der Waals surface area (Å²) >= 11 is 0. The second kappa shape index (κ2) is 7.16. The monoisotopic (exact) mass is 360 g/mol. The molecule has 0 fully saturated rings. The minimum absolute atomic E-state index is 0.0000612. The summed E-state index contributed by atoms with van der Waals surface area (Å²) in [5.41, 5.74) is 4.72. The molecule has 1 heterocycles. The lowest BCUT2D eigenvalue weighted by molar-refractivity contribution is 0.0961. The molecule has 0 spiro atoms. The topological polar surface area (TPSA) is 44.8 Å². The van der Waals surface area contributed by atoms with Crippen LogP contribution in [0.1, 0.15) is 21.5 Å². The molecule has 4 heteroatoms. The second-order valence-electron chi connectivity index (χ2n) is 6.56. The highest BCUT2D eigenvalue weighted by molar-refractivity contribution is 6.03. The van der Waals surface area contributed by atoms with E-state index in [1.807, 2.05) is 67.6 Å². The zero-order chi connectivity index (χ0) is 18.8. The van der Waals surface area contributed by atoms with Gasteiger partial charge >= 0.3 is 0 Å². The first-order valence-electron chi connectivity index (χ1n) is 8.81. The Morgan fingerprint density at radius 3 is 2.41 bits per heavy atom. The molecule has 136 valence electrons. The summed E-state index contributed by atoms with van der Waals surface area (Å²) in [4.78, 5) is 12.1. The minimum Gasteiger partial charge on any atom is -0.497 e. The van der Waals surface area contributed by atoms with E-state index in [1.165, 1.54) is 5.56 Å². The Labute approximate surface area is 158 Å². The third-order valence-electron chi connectivity index (χ3n) is 4.66. The third kappa shape index (κ3) is 3.51. The predicted molar refractivity (Wildman–Crippen MR) is 104 cm³/mol. The number of methoxy groups -OCH3 is 1. The van der Waals surface area contributed by atoms with Crippen molar-refractivity contribution in [2.75, 3.05) is 13.7 Å². The van der Waals surface area contributed by atoms with E-state index in [0.29, 0.717) is 23.7 Å². The lowest BCUT2D eigenvalue weighted by Gasteiger charge is -2.14. The molecular weight excluding hydrogens is 340 g/mol. The highest BCUT2D eigenvalue weighted by atomic mass is 16.5. The van der Waals surface area contributed by atoms with Gasteiger partial charge in [0.15, 0.2) is 6.61 Å². The van der Waals surface area contributed by atoms with Gasteiger partial charge in [0.1, 0.15) is 23.9 Å². The first-order valence-corrected chi connectivity index (χ1v) is 8.81. The number of aryl methyl sites for hydroxylation is 1. The molecule has 0 bridgehead atoms. The first kappa shape index (κ1) is 17.2. The molecule has 0 saturated carbocycles. The number of rotatable bonds is 5. The van der Waals surface area contributed by atoms with Gasteiger partial charge in [-0.2, -0.15) is 0 Å². The van der Waals surface area contributed by atoms with Gasteiger partial charge in [-0.1, -0.05) is 42.0 Å². The summed E-state index contributed by atoms with van der Waals surface area (Å²) in [5, 5.41) is 0. The highest BCUT2D eigenvalue weighted by Crippen LogP contribution is 2.39. The summed E-state index contributed by atoms with van der Waals surface area (Å²) in [6.45, 7) is 2.55. The van der Waals surface area contributed by atoms with E-state index < -0.39 is 0 Å².